The van der Waals surface area contributed by atoms with E-state index in [1.807, 2.05) is 19.1 Å². The molecule has 1 amide bonds. The molecule has 1 aromatic heterocycles. The van der Waals surface area contributed by atoms with Gasteiger partial charge in [0.05, 0.1) is 11.1 Å². The van der Waals surface area contributed by atoms with E-state index >= 15 is 0 Å². The molecule has 0 atom stereocenters. The standard InChI is InChI=1S/C16H12F3NOS/c1-2-10-4-5-11(22-10)8-13-12-6-3-9(16(17,18)19)7-14(12)20-15(13)21/h3-8H,2H2,1H3,(H,20,21)/b13-8-. The summed E-state index contributed by atoms with van der Waals surface area (Å²) in [5.41, 5.74) is 0.341. The van der Waals surface area contributed by atoms with Crippen LogP contribution in [0.4, 0.5) is 18.9 Å². The fraction of sp³-hybridized carbons (Fsp3) is 0.188. The van der Waals surface area contributed by atoms with Crippen LogP contribution in [0.15, 0.2) is 30.3 Å². The van der Waals surface area contributed by atoms with Crippen molar-refractivity contribution in [3.05, 3.63) is 51.2 Å². The number of rotatable bonds is 2. The predicted octanol–water partition coefficient (Wildman–Crippen LogP) is 4.82. The first-order valence-electron chi connectivity index (χ1n) is 6.72. The number of halogens is 3. The molecule has 0 spiro atoms. The van der Waals surface area contributed by atoms with Crippen LogP contribution in [0.2, 0.25) is 0 Å². The molecule has 22 heavy (non-hydrogen) atoms. The monoisotopic (exact) mass is 323 g/mol. The van der Waals surface area contributed by atoms with Crippen molar-refractivity contribution in [1.29, 1.82) is 0 Å². The van der Waals surface area contributed by atoms with E-state index in [1.54, 1.807) is 17.4 Å². The summed E-state index contributed by atoms with van der Waals surface area (Å²) in [4.78, 5) is 14.1. The van der Waals surface area contributed by atoms with Crippen LogP contribution in [0.1, 0.15) is 27.8 Å². The van der Waals surface area contributed by atoms with Crippen molar-refractivity contribution in [2.24, 2.45) is 0 Å². The Labute approximate surface area is 129 Å². The minimum absolute atomic E-state index is 0.207. The van der Waals surface area contributed by atoms with Gasteiger partial charge >= 0.3 is 6.18 Å². The highest BCUT2D eigenvalue weighted by molar-refractivity contribution is 7.13. The van der Waals surface area contributed by atoms with Gasteiger partial charge in [-0.05, 0) is 36.8 Å². The lowest BCUT2D eigenvalue weighted by Gasteiger charge is -2.07. The van der Waals surface area contributed by atoms with E-state index in [2.05, 4.69) is 5.32 Å². The number of carbonyl (C=O) groups is 1. The smallest absolute Gasteiger partial charge is 0.321 e. The van der Waals surface area contributed by atoms with Gasteiger partial charge in [-0.15, -0.1) is 11.3 Å². The lowest BCUT2D eigenvalue weighted by Crippen LogP contribution is -2.06. The van der Waals surface area contributed by atoms with Gasteiger partial charge in [0.1, 0.15) is 0 Å². The average molecular weight is 323 g/mol. The molecule has 0 saturated carbocycles. The van der Waals surface area contributed by atoms with Gasteiger partial charge in [0.2, 0.25) is 0 Å². The van der Waals surface area contributed by atoms with Crippen LogP contribution < -0.4 is 5.32 Å². The van der Waals surface area contributed by atoms with E-state index in [-0.39, 0.29) is 11.6 Å². The van der Waals surface area contributed by atoms with Crippen molar-refractivity contribution >= 4 is 34.6 Å². The van der Waals surface area contributed by atoms with Crippen LogP contribution in [0.25, 0.3) is 11.6 Å². The molecule has 0 bridgehead atoms. The highest BCUT2D eigenvalue weighted by Gasteiger charge is 2.33. The van der Waals surface area contributed by atoms with Crippen molar-refractivity contribution in [3.63, 3.8) is 0 Å². The molecule has 2 aromatic rings. The Morgan fingerprint density at radius 1 is 1.23 bits per heavy atom. The summed E-state index contributed by atoms with van der Waals surface area (Å²) in [6.45, 7) is 2.04. The fourth-order valence-electron chi connectivity index (χ4n) is 2.32. The van der Waals surface area contributed by atoms with Gasteiger partial charge < -0.3 is 5.32 Å². The van der Waals surface area contributed by atoms with Crippen LogP contribution in [0.3, 0.4) is 0 Å². The highest BCUT2D eigenvalue weighted by Crippen LogP contribution is 2.38. The van der Waals surface area contributed by atoms with Gasteiger partial charge in [-0.1, -0.05) is 13.0 Å². The van der Waals surface area contributed by atoms with Crippen molar-refractivity contribution in [2.75, 3.05) is 5.32 Å². The van der Waals surface area contributed by atoms with Gasteiger partial charge in [0, 0.05) is 21.0 Å². The maximum Gasteiger partial charge on any atom is 0.416 e. The molecule has 0 radical (unpaired) electrons. The molecule has 0 saturated heterocycles. The number of thiophene rings is 1. The van der Waals surface area contributed by atoms with Crippen molar-refractivity contribution in [1.82, 2.24) is 0 Å². The molecule has 2 nitrogen and oxygen atoms in total. The van der Waals surface area contributed by atoms with Crippen molar-refractivity contribution < 1.29 is 18.0 Å². The summed E-state index contributed by atoms with van der Waals surface area (Å²) in [5.74, 6) is -0.374. The SMILES string of the molecule is CCc1ccc(/C=C2\C(=O)Nc3cc(C(F)(F)F)ccc32)s1. The summed E-state index contributed by atoms with van der Waals surface area (Å²) < 4.78 is 38.1. The number of hydrogen-bond acceptors (Lipinski definition) is 2. The van der Waals surface area contributed by atoms with Gasteiger partial charge in [-0.3, -0.25) is 4.79 Å². The summed E-state index contributed by atoms with van der Waals surface area (Å²) in [6, 6.07) is 7.21. The third-order valence-corrected chi connectivity index (χ3v) is 4.62. The zero-order valence-electron chi connectivity index (χ0n) is 11.6. The number of nitrogens with one attached hydrogen (secondary N) is 1. The van der Waals surface area contributed by atoms with Crippen LogP contribution in [-0.4, -0.2) is 5.91 Å². The Hall–Kier alpha value is -2.08. The third-order valence-electron chi connectivity index (χ3n) is 3.45. The van der Waals surface area contributed by atoms with E-state index < -0.39 is 11.7 Å². The average Bonchev–Trinajstić information content (AvgIpc) is 3.03. The summed E-state index contributed by atoms with van der Waals surface area (Å²) in [5, 5.41) is 2.50. The van der Waals surface area contributed by atoms with Crippen LogP contribution in [-0.2, 0) is 17.4 Å². The molecule has 2 heterocycles. The van der Waals surface area contributed by atoms with E-state index in [0.29, 0.717) is 11.1 Å². The first kappa shape index (κ1) is 14.8. The molecule has 0 fully saturated rings. The molecule has 1 aliphatic rings. The molecule has 0 aliphatic carbocycles. The topological polar surface area (TPSA) is 29.1 Å². The van der Waals surface area contributed by atoms with Crippen molar-refractivity contribution in [2.45, 2.75) is 19.5 Å². The number of aryl methyl sites for hydroxylation is 1. The summed E-state index contributed by atoms with van der Waals surface area (Å²) >= 11 is 1.57. The number of hydrogen-bond donors (Lipinski definition) is 1. The minimum atomic E-state index is -4.42. The third kappa shape index (κ3) is 2.66. The minimum Gasteiger partial charge on any atom is -0.321 e. The molecule has 6 heteroatoms. The molecule has 3 rings (SSSR count). The highest BCUT2D eigenvalue weighted by atomic mass is 32.1. The Kier molecular flexibility index (Phi) is 3.56. The number of benzene rings is 1. The lowest BCUT2D eigenvalue weighted by atomic mass is 10.0. The second kappa shape index (κ2) is 5.28. The number of carbonyl (C=O) groups excluding carboxylic acids is 1. The van der Waals surface area contributed by atoms with E-state index in [4.69, 9.17) is 0 Å². The lowest BCUT2D eigenvalue weighted by molar-refractivity contribution is -0.137. The van der Waals surface area contributed by atoms with Gasteiger partial charge in [0.25, 0.3) is 5.91 Å². The Morgan fingerprint density at radius 2 is 2.00 bits per heavy atom. The first-order chi connectivity index (χ1) is 10.4. The van der Waals surface area contributed by atoms with E-state index in [0.717, 1.165) is 23.4 Å². The van der Waals surface area contributed by atoms with Gasteiger partial charge in [-0.2, -0.15) is 13.2 Å². The molecule has 0 unspecified atom stereocenters. The quantitative estimate of drug-likeness (QED) is 0.789. The van der Waals surface area contributed by atoms with Crippen molar-refractivity contribution in [3.8, 4) is 0 Å². The number of anilines is 1. The van der Waals surface area contributed by atoms with Gasteiger partial charge in [0.15, 0.2) is 0 Å². The second-order valence-corrected chi connectivity index (χ2v) is 6.13. The number of amides is 1. The van der Waals surface area contributed by atoms with Crippen LogP contribution in [0.5, 0.6) is 0 Å². The first-order valence-corrected chi connectivity index (χ1v) is 7.53. The Morgan fingerprint density at radius 3 is 2.64 bits per heavy atom. The molecule has 1 aromatic carbocycles. The molecule has 1 N–H and O–H groups in total. The molecular formula is C16H12F3NOS. The Bertz CT molecular complexity index is 774. The summed E-state index contributed by atoms with van der Waals surface area (Å²) in [7, 11) is 0. The van der Waals surface area contributed by atoms with E-state index in [1.165, 1.54) is 10.9 Å². The predicted molar refractivity (Wildman–Crippen MR) is 81.6 cm³/mol. The maximum atomic E-state index is 12.7. The molecule has 1 aliphatic heterocycles. The number of alkyl halides is 3. The molecule has 114 valence electrons. The fourth-order valence-corrected chi connectivity index (χ4v) is 3.21. The second-order valence-electron chi connectivity index (χ2n) is 4.93. The maximum absolute atomic E-state index is 12.7. The largest absolute Gasteiger partial charge is 0.416 e. The zero-order chi connectivity index (χ0) is 15.9. The Balaban J connectivity index is 2.01. The van der Waals surface area contributed by atoms with Crippen LogP contribution in [0, 0.1) is 0 Å². The molecular weight excluding hydrogens is 311 g/mol. The van der Waals surface area contributed by atoms with Gasteiger partial charge in [-0.25, -0.2) is 0 Å². The normalized spacial score (nSPS) is 16.0. The zero-order valence-corrected chi connectivity index (χ0v) is 12.4. The summed E-state index contributed by atoms with van der Waals surface area (Å²) in [6.07, 6.45) is -1.79. The number of fused-ring (bicyclic) bond motifs is 1. The van der Waals surface area contributed by atoms with Crippen LogP contribution >= 0.6 is 11.3 Å². The van der Waals surface area contributed by atoms with E-state index in [9.17, 15) is 18.0 Å².